The fourth-order valence-electron chi connectivity index (χ4n) is 2.48. The minimum atomic E-state index is -3.34. The van der Waals surface area contributed by atoms with E-state index in [1.165, 1.54) is 6.26 Å². The lowest BCUT2D eigenvalue weighted by molar-refractivity contribution is 0.602. The number of hydrogen-bond donors (Lipinski definition) is 1. The Morgan fingerprint density at radius 3 is 2.71 bits per heavy atom. The summed E-state index contributed by atoms with van der Waals surface area (Å²) in [6, 6.07) is 7.15. The third kappa shape index (κ3) is 2.32. The number of hydrogen-bond acceptors (Lipinski definition) is 5. The van der Waals surface area contributed by atoms with E-state index in [0.717, 1.165) is 11.1 Å². The summed E-state index contributed by atoms with van der Waals surface area (Å²) in [6.45, 7) is 2.02. The molecule has 2 N–H and O–H groups in total. The first kappa shape index (κ1) is 14.1. The lowest BCUT2D eigenvalue weighted by atomic mass is 10.1. The van der Waals surface area contributed by atoms with Crippen LogP contribution in [0.3, 0.4) is 0 Å². The summed E-state index contributed by atoms with van der Waals surface area (Å²) in [5, 5.41) is 4.05. The van der Waals surface area contributed by atoms with E-state index in [0.29, 0.717) is 11.5 Å². The number of para-hydroxylation sites is 1. The highest BCUT2D eigenvalue weighted by molar-refractivity contribution is 7.91. The third-order valence-corrected chi connectivity index (χ3v) is 5.35. The van der Waals surface area contributed by atoms with Crippen LogP contribution in [-0.2, 0) is 9.84 Å². The monoisotopic (exact) mass is 321 g/mol. The number of nitrogens with zero attached hydrogens (tertiary/aromatic N) is 2. The van der Waals surface area contributed by atoms with E-state index < -0.39 is 9.84 Å². The van der Waals surface area contributed by atoms with Crippen LogP contribution in [0.2, 0.25) is 0 Å². The van der Waals surface area contributed by atoms with Gasteiger partial charge in [-0.25, -0.2) is 13.4 Å². The molecular formula is C14H15N3O2S2. The van der Waals surface area contributed by atoms with Crippen LogP contribution in [0.4, 0.5) is 5.95 Å². The molecule has 110 valence electrons. The van der Waals surface area contributed by atoms with E-state index in [2.05, 4.69) is 10.4 Å². The molecule has 0 saturated carbocycles. The number of sulfone groups is 1. The largest absolute Gasteiger partial charge is 0.369 e. The second-order valence-electron chi connectivity index (χ2n) is 4.97. The molecule has 0 fully saturated rings. The van der Waals surface area contributed by atoms with E-state index in [1.807, 2.05) is 29.0 Å². The number of rotatable bonds is 3. The normalized spacial score (nSPS) is 13.6. The molecule has 0 amide bonds. The molecule has 7 heteroatoms. The van der Waals surface area contributed by atoms with Crippen molar-refractivity contribution in [2.24, 2.45) is 0 Å². The van der Waals surface area contributed by atoms with Gasteiger partial charge in [0.15, 0.2) is 9.84 Å². The number of nitrogens with two attached hydrogens (primary N) is 1. The van der Waals surface area contributed by atoms with Crippen LogP contribution >= 0.6 is 11.3 Å². The van der Waals surface area contributed by atoms with Crippen LogP contribution in [0.1, 0.15) is 18.5 Å². The van der Waals surface area contributed by atoms with Crippen molar-refractivity contribution >= 4 is 38.2 Å². The molecule has 0 bridgehead atoms. The maximum Gasteiger partial charge on any atom is 0.201 e. The van der Waals surface area contributed by atoms with E-state index in [-0.39, 0.29) is 10.9 Å². The van der Waals surface area contributed by atoms with Crippen LogP contribution < -0.4 is 5.73 Å². The van der Waals surface area contributed by atoms with E-state index >= 15 is 0 Å². The molecule has 0 spiro atoms. The Kier molecular flexibility index (Phi) is 3.26. The molecule has 1 atom stereocenters. The molecule has 2 heterocycles. The molecule has 1 unspecified atom stereocenters. The van der Waals surface area contributed by atoms with Gasteiger partial charge in [-0.1, -0.05) is 6.07 Å². The van der Waals surface area contributed by atoms with Gasteiger partial charge in [0, 0.05) is 6.26 Å². The van der Waals surface area contributed by atoms with Crippen molar-refractivity contribution in [3.05, 3.63) is 40.6 Å². The smallest absolute Gasteiger partial charge is 0.201 e. The summed E-state index contributed by atoms with van der Waals surface area (Å²) in [7, 11) is -3.34. The summed E-state index contributed by atoms with van der Waals surface area (Å²) in [4.78, 5) is 4.49. The molecular weight excluding hydrogens is 306 g/mol. The fourth-order valence-corrected chi connectivity index (χ4v) is 4.05. The Hall–Kier alpha value is -1.86. The number of aromatic nitrogens is 2. The van der Waals surface area contributed by atoms with Gasteiger partial charge >= 0.3 is 0 Å². The molecule has 0 aliphatic carbocycles. The minimum Gasteiger partial charge on any atom is -0.369 e. The van der Waals surface area contributed by atoms with E-state index in [9.17, 15) is 8.42 Å². The van der Waals surface area contributed by atoms with Gasteiger partial charge < -0.3 is 10.3 Å². The van der Waals surface area contributed by atoms with Gasteiger partial charge in [-0.05, 0) is 41.4 Å². The van der Waals surface area contributed by atoms with Gasteiger partial charge in [-0.2, -0.15) is 11.3 Å². The van der Waals surface area contributed by atoms with E-state index in [4.69, 9.17) is 5.73 Å². The molecule has 1 aromatic carbocycles. The average molecular weight is 321 g/mol. The van der Waals surface area contributed by atoms with Crippen molar-refractivity contribution in [2.45, 2.75) is 17.9 Å². The molecule has 3 rings (SSSR count). The average Bonchev–Trinajstić information content (AvgIpc) is 3.02. The topological polar surface area (TPSA) is 78.0 Å². The highest BCUT2D eigenvalue weighted by Gasteiger charge is 2.20. The Bertz CT molecular complexity index is 896. The van der Waals surface area contributed by atoms with Crippen LogP contribution in [0.25, 0.3) is 11.0 Å². The number of nitrogen functional groups attached to an aromatic ring is 1. The van der Waals surface area contributed by atoms with Gasteiger partial charge in [0.1, 0.15) is 5.52 Å². The number of thiophene rings is 1. The zero-order valence-corrected chi connectivity index (χ0v) is 13.3. The minimum absolute atomic E-state index is 0.00365. The first-order chi connectivity index (χ1) is 9.89. The van der Waals surface area contributed by atoms with Gasteiger partial charge in [0.2, 0.25) is 5.95 Å². The highest BCUT2D eigenvalue weighted by atomic mass is 32.2. The molecule has 0 aliphatic heterocycles. The predicted octanol–water partition coefficient (Wildman–Crippen LogP) is 2.69. The number of anilines is 1. The van der Waals surface area contributed by atoms with Crippen molar-refractivity contribution in [3.63, 3.8) is 0 Å². The summed E-state index contributed by atoms with van der Waals surface area (Å²) >= 11 is 1.61. The van der Waals surface area contributed by atoms with Crippen LogP contribution in [0, 0.1) is 0 Å². The molecule has 5 nitrogen and oxygen atoms in total. The van der Waals surface area contributed by atoms with Gasteiger partial charge in [-0.3, -0.25) is 0 Å². The summed E-state index contributed by atoms with van der Waals surface area (Å²) in [6.07, 6.45) is 1.18. The molecule has 0 aliphatic rings. The Morgan fingerprint density at radius 2 is 2.10 bits per heavy atom. The van der Waals surface area contributed by atoms with Crippen molar-refractivity contribution in [2.75, 3.05) is 12.0 Å². The zero-order chi connectivity index (χ0) is 15.2. The molecule has 0 radical (unpaired) electrons. The molecule has 0 saturated heterocycles. The number of benzene rings is 1. The molecule has 21 heavy (non-hydrogen) atoms. The number of fused-ring (bicyclic) bond motifs is 1. The SMILES string of the molecule is CC(c1ccsc1)n1c(N)nc2c(S(C)(=O)=O)cccc21. The van der Waals surface area contributed by atoms with Crippen LogP contribution in [-0.4, -0.2) is 24.2 Å². The van der Waals surface area contributed by atoms with Crippen molar-refractivity contribution in [3.8, 4) is 0 Å². The highest BCUT2D eigenvalue weighted by Crippen LogP contribution is 2.31. The second-order valence-corrected chi connectivity index (χ2v) is 7.73. The summed E-state index contributed by atoms with van der Waals surface area (Å²) in [5.41, 5.74) is 8.31. The summed E-state index contributed by atoms with van der Waals surface area (Å²) < 4.78 is 25.6. The number of imidazole rings is 1. The standard InChI is InChI=1S/C14H15N3O2S2/c1-9(10-6-7-20-8-10)17-11-4-3-5-12(21(2,18)19)13(11)16-14(17)15/h3-9H,1-2H3,(H2,15,16). The van der Waals surface area contributed by atoms with Crippen LogP contribution in [0.5, 0.6) is 0 Å². The predicted molar refractivity (Wildman–Crippen MR) is 85.4 cm³/mol. The lowest BCUT2D eigenvalue weighted by Gasteiger charge is -2.14. The van der Waals surface area contributed by atoms with Crippen molar-refractivity contribution in [1.29, 1.82) is 0 Å². The van der Waals surface area contributed by atoms with Crippen molar-refractivity contribution in [1.82, 2.24) is 9.55 Å². The second kappa shape index (κ2) is 4.85. The zero-order valence-electron chi connectivity index (χ0n) is 11.6. The third-order valence-electron chi connectivity index (χ3n) is 3.52. The Morgan fingerprint density at radius 1 is 1.33 bits per heavy atom. The Labute approximate surface area is 127 Å². The molecule has 3 aromatic rings. The maximum atomic E-state index is 11.9. The van der Waals surface area contributed by atoms with Gasteiger partial charge in [0.05, 0.1) is 16.5 Å². The molecule has 2 aromatic heterocycles. The first-order valence-corrected chi connectivity index (χ1v) is 9.21. The van der Waals surface area contributed by atoms with Crippen molar-refractivity contribution < 1.29 is 8.42 Å². The van der Waals surface area contributed by atoms with Gasteiger partial charge in [-0.15, -0.1) is 0 Å². The first-order valence-electron chi connectivity index (χ1n) is 6.38. The maximum absolute atomic E-state index is 11.9. The quantitative estimate of drug-likeness (QED) is 0.804. The van der Waals surface area contributed by atoms with E-state index in [1.54, 1.807) is 23.5 Å². The summed E-state index contributed by atoms with van der Waals surface area (Å²) in [5.74, 6) is 0.319. The van der Waals surface area contributed by atoms with Crippen LogP contribution in [0.15, 0.2) is 39.9 Å². The Balaban J connectivity index is 2.28. The van der Waals surface area contributed by atoms with Gasteiger partial charge in [0.25, 0.3) is 0 Å². The lowest BCUT2D eigenvalue weighted by Crippen LogP contribution is -2.09. The fraction of sp³-hybridized carbons (Fsp3) is 0.214.